The smallest absolute Gasteiger partial charge is 0.288 e. The number of H-pyrrole nitrogens is 1. The summed E-state index contributed by atoms with van der Waals surface area (Å²) in [5.74, 6) is -0.220. The Morgan fingerprint density at radius 1 is 1.64 bits per heavy atom. The molecule has 0 saturated carbocycles. The molecule has 0 unspecified atom stereocenters. The van der Waals surface area contributed by atoms with Crippen LogP contribution in [-0.2, 0) is 7.05 Å². The molecule has 2 N–H and O–H groups in total. The summed E-state index contributed by atoms with van der Waals surface area (Å²) < 4.78 is 1.41. The van der Waals surface area contributed by atoms with Crippen molar-refractivity contribution < 1.29 is 4.79 Å². The van der Waals surface area contributed by atoms with Crippen LogP contribution in [0.25, 0.3) is 0 Å². The maximum Gasteiger partial charge on any atom is 0.299 e. The molecule has 9 nitrogen and oxygen atoms in total. The van der Waals surface area contributed by atoms with Crippen LogP contribution in [0.5, 0.6) is 0 Å². The van der Waals surface area contributed by atoms with E-state index < -0.39 is 5.91 Å². The Labute approximate surface area is 77.5 Å². The minimum absolute atomic E-state index is 0.0481. The first-order valence-electron chi connectivity index (χ1n) is 3.66. The van der Waals surface area contributed by atoms with E-state index in [0.29, 0.717) is 5.95 Å². The minimum atomic E-state index is -0.491. The van der Waals surface area contributed by atoms with Gasteiger partial charge in [-0.1, -0.05) is 0 Å². The molecule has 9 heteroatoms. The third-order valence-electron chi connectivity index (χ3n) is 1.49. The molecule has 72 valence electrons. The molecule has 0 atom stereocenters. The van der Waals surface area contributed by atoms with Gasteiger partial charge in [0.1, 0.15) is 6.33 Å². The van der Waals surface area contributed by atoms with Crippen LogP contribution >= 0.6 is 0 Å². The van der Waals surface area contributed by atoms with Gasteiger partial charge in [0.25, 0.3) is 11.7 Å². The van der Waals surface area contributed by atoms with Gasteiger partial charge in [0.2, 0.25) is 5.95 Å². The first-order valence-corrected chi connectivity index (χ1v) is 3.66. The lowest BCUT2D eigenvalue weighted by molar-refractivity contribution is 0.101. The van der Waals surface area contributed by atoms with Crippen LogP contribution in [0.1, 0.15) is 10.6 Å². The largest absolute Gasteiger partial charge is 0.299 e. The molecule has 2 aromatic rings. The van der Waals surface area contributed by atoms with Crippen molar-refractivity contribution in [2.24, 2.45) is 7.05 Å². The molecule has 0 bridgehead atoms. The predicted octanol–water partition coefficient (Wildman–Crippen LogP) is -1.42. The monoisotopic (exact) mass is 194 g/mol. The molecule has 2 heterocycles. The summed E-state index contributed by atoms with van der Waals surface area (Å²) in [7, 11) is 1.65. The number of hydrogen-bond donors (Lipinski definition) is 2. The summed E-state index contributed by atoms with van der Waals surface area (Å²) in [6, 6.07) is 0. The molecule has 0 aliphatic carbocycles. The van der Waals surface area contributed by atoms with Crippen molar-refractivity contribution in [1.29, 1.82) is 0 Å². The maximum absolute atomic E-state index is 11.3. The van der Waals surface area contributed by atoms with Crippen LogP contribution in [0.2, 0.25) is 0 Å². The lowest BCUT2D eigenvalue weighted by Gasteiger charge is -1.98. The molecule has 0 radical (unpaired) electrons. The summed E-state index contributed by atoms with van der Waals surface area (Å²) >= 11 is 0. The van der Waals surface area contributed by atoms with Crippen molar-refractivity contribution >= 4 is 11.9 Å². The summed E-state index contributed by atoms with van der Waals surface area (Å²) in [5.41, 5.74) is 0. The Hall–Kier alpha value is -2.32. The standard InChI is InChI=1S/C5H6N8O/c1-13-5(6-2-7-13)8-4(14)3-9-11-12-10-3/h2H,1H3,(H,6,7,8,14)(H,9,10,11,12). The molecule has 14 heavy (non-hydrogen) atoms. The van der Waals surface area contributed by atoms with Crippen molar-refractivity contribution in [2.75, 3.05) is 5.32 Å². The number of carbonyl (C=O) groups is 1. The number of tetrazole rings is 1. The number of aryl methyl sites for hydroxylation is 1. The normalized spacial score (nSPS) is 10.1. The van der Waals surface area contributed by atoms with Gasteiger partial charge in [-0.15, -0.1) is 10.2 Å². The molecule has 0 aliphatic heterocycles. The number of rotatable bonds is 2. The average Bonchev–Trinajstić information content (AvgIpc) is 2.77. The lowest BCUT2D eigenvalue weighted by atomic mass is 10.6. The molecule has 0 saturated heterocycles. The quantitative estimate of drug-likeness (QED) is 0.606. The van der Waals surface area contributed by atoms with E-state index in [2.05, 4.69) is 36.0 Å². The highest BCUT2D eigenvalue weighted by Crippen LogP contribution is 1.99. The lowest BCUT2D eigenvalue weighted by Crippen LogP contribution is -2.16. The van der Waals surface area contributed by atoms with Gasteiger partial charge in [-0.25, -0.2) is 4.68 Å². The van der Waals surface area contributed by atoms with Crippen LogP contribution in [-0.4, -0.2) is 41.3 Å². The molecule has 2 rings (SSSR count). The van der Waals surface area contributed by atoms with E-state index in [0.717, 1.165) is 0 Å². The van der Waals surface area contributed by atoms with Gasteiger partial charge in [0.05, 0.1) is 0 Å². The highest BCUT2D eigenvalue weighted by Gasteiger charge is 2.12. The van der Waals surface area contributed by atoms with Gasteiger partial charge in [-0.2, -0.15) is 15.3 Å². The van der Waals surface area contributed by atoms with Crippen molar-refractivity contribution in [3.63, 3.8) is 0 Å². The van der Waals surface area contributed by atoms with E-state index >= 15 is 0 Å². The van der Waals surface area contributed by atoms with Gasteiger partial charge in [-0.05, 0) is 5.21 Å². The van der Waals surface area contributed by atoms with Gasteiger partial charge in [0.15, 0.2) is 0 Å². The summed E-state index contributed by atoms with van der Waals surface area (Å²) in [6.07, 6.45) is 1.33. The molecular formula is C5H6N8O. The molecular weight excluding hydrogens is 188 g/mol. The van der Waals surface area contributed by atoms with E-state index in [1.54, 1.807) is 7.05 Å². The fourth-order valence-corrected chi connectivity index (χ4v) is 0.825. The predicted molar refractivity (Wildman–Crippen MR) is 43.1 cm³/mol. The number of anilines is 1. The molecule has 0 fully saturated rings. The van der Waals surface area contributed by atoms with E-state index in [9.17, 15) is 4.79 Å². The minimum Gasteiger partial charge on any atom is -0.288 e. The van der Waals surface area contributed by atoms with Crippen LogP contribution in [0.4, 0.5) is 5.95 Å². The molecule has 1 amide bonds. The molecule has 0 spiro atoms. The van der Waals surface area contributed by atoms with E-state index in [-0.39, 0.29) is 5.82 Å². The fourth-order valence-electron chi connectivity index (χ4n) is 0.825. The summed E-state index contributed by atoms with van der Waals surface area (Å²) in [4.78, 5) is 15.1. The Bertz CT molecular complexity index is 430. The van der Waals surface area contributed by atoms with Crippen molar-refractivity contribution in [3.05, 3.63) is 12.2 Å². The van der Waals surface area contributed by atoms with Crippen molar-refractivity contribution in [2.45, 2.75) is 0 Å². The van der Waals surface area contributed by atoms with Gasteiger partial charge < -0.3 is 0 Å². The molecule has 0 aliphatic rings. The Kier molecular flexibility index (Phi) is 1.89. The summed E-state index contributed by atoms with van der Waals surface area (Å²) in [6.45, 7) is 0. The first-order chi connectivity index (χ1) is 6.77. The summed E-state index contributed by atoms with van der Waals surface area (Å²) in [5, 5.41) is 18.7. The Balaban J connectivity index is 2.13. The Morgan fingerprint density at radius 3 is 3.07 bits per heavy atom. The maximum atomic E-state index is 11.3. The first kappa shape index (κ1) is 8.29. The highest BCUT2D eigenvalue weighted by atomic mass is 16.2. The second-order valence-electron chi connectivity index (χ2n) is 2.40. The van der Waals surface area contributed by atoms with Crippen LogP contribution < -0.4 is 5.32 Å². The van der Waals surface area contributed by atoms with E-state index in [1.807, 2.05) is 0 Å². The SMILES string of the molecule is Cn1ncnc1NC(=O)c1nn[nH]n1. The van der Waals surface area contributed by atoms with E-state index in [4.69, 9.17) is 0 Å². The van der Waals surface area contributed by atoms with Crippen LogP contribution in [0, 0.1) is 0 Å². The number of amides is 1. The number of nitrogens with zero attached hydrogens (tertiary/aromatic N) is 6. The Morgan fingerprint density at radius 2 is 2.50 bits per heavy atom. The number of hydrogen-bond acceptors (Lipinski definition) is 6. The van der Waals surface area contributed by atoms with Gasteiger partial charge in [-0.3, -0.25) is 10.1 Å². The van der Waals surface area contributed by atoms with Crippen LogP contribution in [0.15, 0.2) is 6.33 Å². The van der Waals surface area contributed by atoms with Crippen molar-refractivity contribution in [1.82, 2.24) is 35.4 Å². The van der Waals surface area contributed by atoms with Crippen LogP contribution in [0.3, 0.4) is 0 Å². The molecule has 2 aromatic heterocycles. The molecule has 0 aromatic carbocycles. The number of nitrogens with one attached hydrogen (secondary N) is 2. The zero-order chi connectivity index (χ0) is 9.97. The number of aromatic nitrogens is 7. The average molecular weight is 194 g/mol. The van der Waals surface area contributed by atoms with Gasteiger partial charge >= 0.3 is 0 Å². The number of aromatic amines is 1. The second-order valence-corrected chi connectivity index (χ2v) is 2.40. The third kappa shape index (κ3) is 1.42. The second kappa shape index (κ2) is 3.20. The third-order valence-corrected chi connectivity index (χ3v) is 1.49. The van der Waals surface area contributed by atoms with E-state index in [1.165, 1.54) is 11.0 Å². The highest BCUT2D eigenvalue weighted by molar-refractivity contribution is 6.00. The topological polar surface area (TPSA) is 114 Å². The van der Waals surface area contributed by atoms with Crippen molar-refractivity contribution in [3.8, 4) is 0 Å². The fraction of sp³-hybridized carbons (Fsp3) is 0.200. The number of carbonyl (C=O) groups excluding carboxylic acids is 1. The zero-order valence-corrected chi connectivity index (χ0v) is 7.17. The van der Waals surface area contributed by atoms with Gasteiger partial charge in [0, 0.05) is 7.05 Å². The zero-order valence-electron chi connectivity index (χ0n) is 7.17.